The van der Waals surface area contributed by atoms with E-state index in [0.717, 1.165) is 43.3 Å². The lowest BCUT2D eigenvalue weighted by Gasteiger charge is -2.56. The van der Waals surface area contributed by atoms with Crippen LogP contribution >= 0.6 is 23.2 Å². The molecule has 0 atom stereocenters. The molecule has 4 fully saturated rings. The number of nitrogens with one attached hydrogen (secondary N) is 1. The predicted octanol–water partition coefficient (Wildman–Crippen LogP) is 4.28. The smallest absolute Gasteiger partial charge is 0.268 e. The summed E-state index contributed by atoms with van der Waals surface area (Å²) in [6.45, 7) is 0.497. The molecule has 1 aromatic carbocycles. The number of hydrogen-bond donors (Lipinski definition) is 1. The number of rotatable bonds is 5. The van der Waals surface area contributed by atoms with E-state index in [2.05, 4.69) is 0 Å². The Balaban J connectivity index is 1.58. The third-order valence-electron chi connectivity index (χ3n) is 6.22. The second kappa shape index (κ2) is 6.82. The van der Waals surface area contributed by atoms with Crippen molar-refractivity contribution in [1.82, 2.24) is 4.72 Å². The normalized spacial score (nSPS) is 31.7. The fourth-order valence-corrected chi connectivity index (χ4v) is 6.79. The molecule has 5 nitrogen and oxygen atoms in total. The summed E-state index contributed by atoms with van der Waals surface area (Å²) in [7, 11) is -3.71. The number of benzene rings is 1. The average Bonchev–Trinajstić information content (AvgIpc) is 2.50. The lowest BCUT2D eigenvalue weighted by molar-refractivity contribution is -0.0745. The van der Waals surface area contributed by atoms with Crippen molar-refractivity contribution in [3.63, 3.8) is 0 Å². The Bertz CT molecular complexity index is 849. The van der Waals surface area contributed by atoms with Crippen LogP contribution in [0.5, 0.6) is 5.75 Å². The Hall–Kier alpha value is -0.980. The number of ether oxygens (including phenoxy) is 1. The molecule has 0 saturated heterocycles. The summed E-state index contributed by atoms with van der Waals surface area (Å²) in [4.78, 5) is 12.4. The Morgan fingerprint density at radius 3 is 2.22 bits per heavy atom. The van der Waals surface area contributed by atoms with E-state index in [4.69, 9.17) is 27.9 Å². The number of carbonyl (C=O) groups is 1. The largest absolute Gasteiger partial charge is 0.491 e. The molecule has 0 aliphatic heterocycles. The molecular formula is C19H23Cl2NO4S. The minimum Gasteiger partial charge on any atom is -0.491 e. The van der Waals surface area contributed by atoms with Gasteiger partial charge in [-0.2, -0.15) is 0 Å². The van der Waals surface area contributed by atoms with E-state index in [1.54, 1.807) is 0 Å². The quantitative estimate of drug-likeness (QED) is 0.754. The number of hydrogen-bond acceptors (Lipinski definition) is 4. The van der Waals surface area contributed by atoms with Gasteiger partial charge < -0.3 is 4.74 Å². The molecule has 1 N–H and O–H groups in total. The van der Waals surface area contributed by atoms with Crippen molar-refractivity contribution in [1.29, 1.82) is 0 Å². The average molecular weight is 432 g/mol. The summed E-state index contributed by atoms with van der Waals surface area (Å²) in [5, 5.41) is 0.465. The van der Waals surface area contributed by atoms with Gasteiger partial charge in [0.15, 0.2) is 5.75 Å². The zero-order valence-corrected chi connectivity index (χ0v) is 17.5. The van der Waals surface area contributed by atoms with Gasteiger partial charge in [0.25, 0.3) is 5.91 Å². The van der Waals surface area contributed by atoms with Gasteiger partial charge in [-0.1, -0.05) is 23.2 Å². The highest BCUT2D eigenvalue weighted by Crippen LogP contribution is 2.60. The van der Waals surface area contributed by atoms with Gasteiger partial charge in [-0.3, -0.25) is 4.79 Å². The van der Waals surface area contributed by atoms with Crippen molar-refractivity contribution >= 4 is 39.1 Å². The van der Waals surface area contributed by atoms with Crippen LogP contribution in [0.4, 0.5) is 0 Å². The molecular weight excluding hydrogens is 409 g/mol. The molecule has 1 amide bonds. The highest BCUT2D eigenvalue weighted by molar-refractivity contribution is 7.89. The van der Waals surface area contributed by atoms with Gasteiger partial charge in [0.1, 0.15) is 0 Å². The summed E-state index contributed by atoms with van der Waals surface area (Å²) in [6.07, 6.45) is 8.42. The molecule has 0 unspecified atom stereocenters. The molecule has 0 aromatic heterocycles. The van der Waals surface area contributed by atoms with Gasteiger partial charge in [0.2, 0.25) is 10.0 Å². The van der Waals surface area contributed by atoms with Crippen LogP contribution in [0.25, 0.3) is 0 Å². The predicted molar refractivity (Wildman–Crippen MR) is 105 cm³/mol. The lowest BCUT2D eigenvalue weighted by atomic mass is 9.50. The highest BCUT2D eigenvalue weighted by Gasteiger charge is 2.51. The molecule has 8 heteroatoms. The van der Waals surface area contributed by atoms with E-state index in [-0.39, 0.29) is 26.8 Å². The van der Waals surface area contributed by atoms with Gasteiger partial charge >= 0.3 is 0 Å². The summed E-state index contributed by atoms with van der Waals surface area (Å²) in [6, 6.07) is 2.90. The van der Waals surface area contributed by atoms with E-state index >= 15 is 0 Å². The number of amides is 1. The second-order valence-electron chi connectivity index (χ2n) is 8.67. The third kappa shape index (κ3) is 4.08. The van der Waals surface area contributed by atoms with Gasteiger partial charge in [-0.05, 0) is 68.4 Å². The fourth-order valence-electron chi connectivity index (χ4n) is 5.79. The molecule has 1 aromatic rings. The van der Waals surface area contributed by atoms with Crippen molar-refractivity contribution in [2.24, 2.45) is 23.2 Å². The molecule has 0 radical (unpaired) electrons. The maximum atomic E-state index is 12.4. The Morgan fingerprint density at radius 2 is 1.70 bits per heavy atom. The molecule has 0 heterocycles. The third-order valence-corrected chi connectivity index (χ3v) is 7.27. The van der Waals surface area contributed by atoms with Crippen LogP contribution in [0, 0.1) is 23.2 Å². The molecule has 4 bridgehead atoms. The molecule has 148 valence electrons. The monoisotopic (exact) mass is 431 g/mol. The maximum absolute atomic E-state index is 12.4. The molecule has 5 rings (SSSR count). The number of carbonyl (C=O) groups excluding carboxylic acids is 1. The van der Waals surface area contributed by atoms with E-state index in [9.17, 15) is 13.2 Å². The summed E-state index contributed by atoms with van der Waals surface area (Å²) >= 11 is 12.3. The Morgan fingerprint density at radius 1 is 1.15 bits per heavy atom. The first kappa shape index (κ1) is 19.3. The van der Waals surface area contributed by atoms with E-state index in [0.29, 0.717) is 6.61 Å². The van der Waals surface area contributed by atoms with Crippen LogP contribution < -0.4 is 9.46 Å². The van der Waals surface area contributed by atoms with Crippen LogP contribution in [0.2, 0.25) is 10.0 Å². The molecule has 4 saturated carbocycles. The van der Waals surface area contributed by atoms with Gasteiger partial charge in [-0.25, -0.2) is 13.1 Å². The van der Waals surface area contributed by atoms with Gasteiger partial charge in [0, 0.05) is 10.4 Å². The Labute approximate surface area is 169 Å². The summed E-state index contributed by atoms with van der Waals surface area (Å²) in [5.41, 5.74) is 0.185. The lowest BCUT2D eigenvalue weighted by Crippen LogP contribution is -2.48. The second-order valence-corrected chi connectivity index (χ2v) is 11.3. The van der Waals surface area contributed by atoms with Gasteiger partial charge in [-0.15, -0.1) is 0 Å². The van der Waals surface area contributed by atoms with Crippen LogP contribution in [0.15, 0.2) is 12.1 Å². The fraction of sp³-hybridized carbons (Fsp3) is 0.632. The first-order chi connectivity index (χ1) is 12.6. The van der Waals surface area contributed by atoms with Crippen molar-refractivity contribution < 1.29 is 17.9 Å². The first-order valence-electron chi connectivity index (χ1n) is 9.26. The van der Waals surface area contributed by atoms with Crippen molar-refractivity contribution in [3.8, 4) is 5.75 Å². The summed E-state index contributed by atoms with van der Waals surface area (Å²) < 4.78 is 30.9. The van der Waals surface area contributed by atoms with Crippen molar-refractivity contribution in [3.05, 3.63) is 27.7 Å². The van der Waals surface area contributed by atoms with Crippen LogP contribution in [-0.4, -0.2) is 27.2 Å². The van der Waals surface area contributed by atoms with E-state index in [1.165, 1.54) is 31.4 Å². The zero-order chi connectivity index (χ0) is 19.4. The van der Waals surface area contributed by atoms with Gasteiger partial charge in [0.05, 0.1) is 23.4 Å². The highest BCUT2D eigenvalue weighted by atomic mass is 35.5. The molecule has 4 aliphatic carbocycles. The van der Waals surface area contributed by atoms with Crippen molar-refractivity contribution in [2.45, 2.75) is 38.5 Å². The van der Waals surface area contributed by atoms with E-state index in [1.807, 2.05) is 4.72 Å². The topological polar surface area (TPSA) is 72.5 Å². The minimum absolute atomic E-state index is 0.0441. The zero-order valence-electron chi connectivity index (χ0n) is 15.1. The Kier molecular flexibility index (Phi) is 4.88. The van der Waals surface area contributed by atoms with Crippen LogP contribution in [-0.2, 0) is 10.0 Å². The minimum atomic E-state index is -3.71. The van der Waals surface area contributed by atoms with Crippen molar-refractivity contribution in [2.75, 3.05) is 12.9 Å². The SMILES string of the molecule is CS(=O)(=O)NC(=O)c1cc(Cl)cc(Cl)c1OCC12CC3CC(CC(C3)C1)C2. The molecule has 0 spiro atoms. The molecule has 27 heavy (non-hydrogen) atoms. The molecule has 4 aliphatic rings. The number of halogens is 2. The van der Waals surface area contributed by atoms with Crippen LogP contribution in [0.1, 0.15) is 48.9 Å². The standard InChI is InChI=1S/C19H23Cl2NO4S/c1-27(24,25)22-18(23)15-5-14(20)6-16(21)17(15)26-10-19-7-11-2-12(8-19)4-13(3-11)9-19/h5-6,11-13H,2-4,7-10H2,1H3,(H,22,23). The maximum Gasteiger partial charge on any atom is 0.268 e. The van der Waals surface area contributed by atoms with Crippen LogP contribution in [0.3, 0.4) is 0 Å². The summed E-state index contributed by atoms with van der Waals surface area (Å²) in [5.74, 6) is 1.77. The first-order valence-corrected chi connectivity index (χ1v) is 11.9. The number of sulfonamides is 1. The van der Waals surface area contributed by atoms with E-state index < -0.39 is 15.9 Å².